The van der Waals surface area contributed by atoms with Crippen LogP contribution in [0.15, 0.2) is 73.1 Å². The molecule has 0 bridgehead atoms. The molecule has 29 heavy (non-hydrogen) atoms. The number of piperidine rings is 1. The van der Waals surface area contributed by atoms with Gasteiger partial charge in [0.15, 0.2) is 0 Å². The maximum atomic E-state index is 12.8. The van der Waals surface area contributed by atoms with Gasteiger partial charge in [0.25, 0.3) is 11.8 Å². The Kier molecular flexibility index (Phi) is 5.47. The van der Waals surface area contributed by atoms with Crippen molar-refractivity contribution in [3.05, 3.63) is 89.7 Å². The Hall–Kier alpha value is -3.34. The summed E-state index contributed by atoms with van der Waals surface area (Å²) < 4.78 is 2.01. The second kappa shape index (κ2) is 8.35. The lowest BCUT2D eigenvalue weighted by Crippen LogP contribution is -2.46. The molecule has 0 aliphatic carbocycles. The number of aromatic nitrogens is 1. The van der Waals surface area contributed by atoms with Crippen LogP contribution >= 0.6 is 0 Å². The van der Waals surface area contributed by atoms with Crippen LogP contribution in [-0.4, -0.2) is 40.4 Å². The molecule has 3 aromatic rings. The molecule has 0 unspecified atom stereocenters. The van der Waals surface area contributed by atoms with Crippen molar-refractivity contribution in [3.8, 4) is 5.69 Å². The molecule has 0 saturated carbocycles. The number of carbonyl (C=O) groups is 2. The normalized spacial score (nSPS) is 14.6. The Labute approximate surface area is 171 Å². The van der Waals surface area contributed by atoms with Crippen LogP contribution in [0.4, 0.5) is 0 Å². The van der Waals surface area contributed by atoms with Gasteiger partial charge >= 0.3 is 0 Å². The Morgan fingerprint density at radius 1 is 0.862 bits per heavy atom. The van der Waals surface area contributed by atoms with Crippen molar-refractivity contribution < 1.29 is 9.59 Å². The van der Waals surface area contributed by atoms with Gasteiger partial charge in [-0.25, -0.2) is 0 Å². The van der Waals surface area contributed by atoms with E-state index in [-0.39, 0.29) is 17.9 Å². The summed E-state index contributed by atoms with van der Waals surface area (Å²) in [5, 5.41) is 3.10. The molecule has 5 nitrogen and oxygen atoms in total. The van der Waals surface area contributed by atoms with Crippen molar-refractivity contribution in [2.75, 3.05) is 13.1 Å². The van der Waals surface area contributed by atoms with Crippen LogP contribution < -0.4 is 5.32 Å². The van der Waals surface area contributed by atoms with Crippen LogP contribution in [0.2, 0.25) is 0 Å². The van der Waals surface area contributed by atoms with Crippen LogP contribution in [0.3, 0.4) is 0 Å². The van der Waals surface area contributed by atoms with E-state index in [1.165, 1.54) is 0 Å². The number of likely N-dealkylation sites (tertiary alicyclic amines) is 1. The quantitative estimate of drug-likeness (QED) is 0.740. The fraction of sp³-hybridized carbons (Fsp3) is 0.250. The van der Waals surface area contributed by atoms with E-state index in [9.17, 15) is 9.59 Å². The topological polar surface area (TPSA) is 54.3 Å². The number of rotatable bonds is 4. The average Bonchev–Trinajstić information content (AvgIpc) is 3.29. The Balaban J connectivity index is 1.31. The van der Waals surface area contributed by atoms with E-state index in [2.05, 4.69) is 5.32 Å². The van der Waals surface area contributed by atoms with Crippen LogP contribution in [0.25, 0.3) is 5.69 Å². The first-order valence-electron chi connectivity index (χ1n) is 10.0. The van der Waals surface area contributed by atoms with E-state index in [4.69, 9.17) is 0 Å². The van der Waals surface area contributed by atoms with E-state index >= 15 is 0 Å². The van der Waals surface area contributed by atoms with Gasteiger partial charge in [-0.05, 0) is 68.3 Å². The highest BCUT2D eigenvalue weighted by Crippen LogP contribution is 2.17. The highest BCUT2D eigenvalue weighted by molar-refractivity contribution is 5.95. The molecule has 0 atom stereocenters. The molecule has 2 heterocycles. The summed E-state index contributed by atoms with van der Waals surface area (Å²) in [5.74, 6) is 0.00254. The third-order valence-corrected chi connectivity index (χ3v) is 5.45. The van der Waals surface area contributed by atoms with Gasteiger partial charge in [-0.1, -0.05) is 17.7 Å². The molecule has 1 aliphatic rings. The summed E-state index contributed by atoms with van der Waals surface area (Å²) in [4.78, 5) is 27.1. The molecular formula is C24H25N3O2. The summed E-state index contributed by atoms with van der Waals surface area (Å²) in [6, 6.07) is 19.3. The van der Waals surface area contributed by atoms with Crippen molar-refractivity contribution in [3.63, 3.8) is 0 Å². The predicted molar refractivity (Wildman–Crippen MR) is 113 cm³/mol. The molecule has 0 radical (unpaired) electrons. The SMILES string of the molecule is Cc1ccc(C(=O)NC2CCN(C(=O)c3ccc(-n4cccc4)cc3)CC2)cc1. The minimum Gasteiger partial charge on any atom is -0.349 e. The number of nitrogens with one attached hydrogen (secondary N) is 1. The van der Waals surface area contributed by atoms with Gasteiger partial charge in [0.05, 0.1) is 0 Å². The summed E-state index contributed by atoms with van der Waals surface area (Å²) in [5.41, 5.74) is 3.54. The lowest BCUT2D eigenvalue weighted by Gasteiger charge is -2.32. The lowest BCUT2D eigenvalue weighted by atomic mass is 10.0. The van der Waals surface area contributed by atoms with E-state index in [0.29, 0.717) is 24.2 Å². The zero-order valence-electron chi connectivity index (χ0n) is 16.5. The third-order valence-electron chi connectivity index (χ3n) is 5.45. The number of nitrogens with zero attached hydrogens (tertiary/aromatic N) is 2. The molecule has 4 rings (SSSR count). The zero-order chi connectivity index (χ0) is 20.2. The van der Waals surface area contributed by atoms with Crippen LogP contribution in [0, 0.1) is 6.92 Å². The monoisotopic (exact) mass is 387 g/mol. The number of hydrogen-bond acceptors (Lipinski definition) is 2. The number of amides is 2. The molecule has 1 saturated heterocycles. The van der Waals surface area contributed by atoms with Gasteiger partial charge in [-0.2, -0.15) is 0 Å². The molecule has 1 aromatic heterocycles. The number of carbonyl (C=O) groups excluding carboxylic acids is 2. The van der Waals surface area contributed by atoms with Crippen molar-refractivity contribution in [2.24, 2.45) is 0 Å². The Morgan fingerprint density at radius 2 is 1.45 bits per heavy atom. The van der Waals surface area contributed by atoms with E-state index < -0.39 is 0 Å². The molecule has 1 fully saturated rings. The smallest absolute Gasteiger partial charge is 0.253 e. The van der Waals surface area contributed by atoms with Crippen LogP contribution in [0.5, 0.6) is 0 Å². The van der Waals surface area contributed by atoms with Crippen molar-refractivity contribution in [1.82, 2.24) is 14.8 Å². The first-order chi connectivity index (χ1) is 14.1. The summed E-state index contributed by atoms with van der Waals surface area (Å²) >= 11 is 0. The van der Waals surface area contributed by atoms with Gasteiger partial charge in [-0.15, -0.1) is 0 Å². The van der Waals surface area contributed by atoms with E-state index in [0.717, 1.165) is 24.1 Å². The van der Waals surface area contributed by atoms with Crippen LogP contribution in [-0.2, 0) is 0 Å². The van der Waals surface area contributed by atoms with E-state index in [1.54, 1.807) is 0 Å². The maximum Gasteiger partial charge on any atom is 0.253 e. The van der Waals surface area contributed by atoms with Crippen molar-refractivity contribution in [2.45, 2.75) is 25.8 Å². The summed E-state index contributed by atoms with van der Waals surface area (Å²) in [6.07, 6.45) is 5.49. The number of hydrogen-bond donors (Lipinski definition) is 1. The lowest BCUT2D eigenvalue weighted by molar-refractivity contribution is 0.0698. The minimum atomic E-state index is -0.0459. The van der Waals surface area contributed by atoms with Gasteiger partial charge in [0, 0.05) is 48.3 Å². The fourth-order valence-corrected chi connectivity index (χ4v) is 3.67. The molecule has 2 amide bonds. The average molecular weight is 387 g/mol. The highest BCUT2D eigenvalue weighted by atomic mass is 16.2. The van der Waals surface area contributed by atoms with Crippen molar-refractivity contribution in [1.29, 1.82) is 0 Å². The van der Waals surface area contributed by atoms with Crippen LogP contribution in [0.1, 0.15) is 39.1 Å². The van der Waals surface area contributed by atoms with E-state index in [1.807, 2.05) is 89.4 Å². The van der Waals surface area contributed by atoms with Gasteiger partial charge < -0.3 is 14.8 Å². The molecule has 148 valence electrons. The number of benzene rings is 2. The Morgan fingerprint density at radius 3 is 2.07 bits per heavy atom. The second-order valence-electron chi connectivity index (χ2n) is 7.54. The molecule has 5 heteroatoms. The van der Waals surface area contributed by atoms with Gasteiger partial charge in [0.2, 0.25) is 0 Å². The van der Waals surface area contributed by atoms with Gasteiger partial charge in [-0.3, -0.25) is 9.59 Å². The predicted octanol–water partition coefficient (Wildman–Crippen LogP) is 3.82. The molecule has 1 aliphatic heterocycles. The standard InChI is InChI=1S/C24H25N3O2/c1-18-4-6-19(7-5-18)23(28)25-21-12-16-27(17-13-21)24(29)20-8-10-22(11-9-20)26-14-2-3-15-26/h2-11,14-15,21H,12-13,16-17H2,1H3,(H,25,28). The molecule has 1 N–H and O–H groups in total. The van der Waals surface area contributed by atoms with Crippen molar-refractivity contribution >= 4 is 11.8 Å². The third kappa shape index (κ3) is 4.40. The molecule has 0 spiro atoms. The zero-order valence-corrected chi connectivity index (χ0v) is 16.5. The number of aryl methyl sites for hydroxylation is 1. The highest BCUT2D eigenvalue weighted by Gasteiger charge is 2.24. The second-order valence-corrected chi connectivity index (χ2v) is 7.54. The van der Waals surface area contributed by atoms with Gasteiger partial charge in [0.1, 0.15) is 0 Å². The molecular weight excluding hydrogens is 362 g/mol. The fourth-order valence-electron chi connectivity index (χ4n) is 3.67. The largest absolute Gasteiger partial charge is 0.349 e. The Bertz CT molecular complexity index is 968. The summed E-state index contributed by atoms with van der Waals surface area (Å²) in [7, 11) is 0. The maximum absolute atomic E-state index is 12.8. The first-order valence-corrected chi connectivity index (χ1v) is 10.0. The summed E-state index contributed by atoms with van der Waals surface area (Å²) in [6.45, 7) is 3.30. The first kappa shape index (κ1) is 19.0. The molecule has 2 aromatic carbocycles. The minimum absolute atomic E-state index is 0.0459.